The molecule has 0 bridgehead atoms. The average Bonchev–Trinajstić information content (AvgIpc) is 3.07. The van der Waals surface area contributed by atoms with Crippen LogP contribution in [0.4, 0.5) is 0 Å². The minimum absolute atomic E-state index is 0.622. The lowest BCUT2D eigenvalue weighted by atomic mass is 10.1. The fourth-order valence-electron chi connectivity index (χ4n) is 2.11. The van der Waals surface area contributed by atoms with Crippen molar-refractivity contribution in [3.63, 3.8) is 0 Å². The number of carbonyl (C=O) groups is 1. The lowest BCUT2D eigenvalue weighted by Crippen LogP contribution is -2.00. The van der Waals surface area contributed by atoms with Crippen molar-refractivity contribution in [3.8, 4) is 10.6 Å². The van der Waals surface area contributed by atoms with E-state index in [4.69, 9.17) is 0 Å². The molecule has 1 aromatic carbocycles. The van der Waals surface area contributed by atoms with E-state index in [1.807, 2.05) is 16.1 Å². The van der Waals surface area contributed by atoms with Gasteiger partial charge in [-0.1, -0.05) is 29.8 Å². The Labute approximate surface area is 135 Å². The highest BCUT2D eigenvalue weighted by Crippen LogP contribution is 2.30. The van der Waals surface area contributed by atoms with E-state index in [1.165, 1.54) is 11.1 Å². The molecule has 0 saturated carbocycles. The number of carbonyl (C=O) groups excluding carboxylic acids is 1. The molecule has 0 fully saturated rings. The summed E-state index contributed by atoms with van der Waals surface area (Å²) in [6, 6.07) is 10.3. The first-order valence-corrected chi connectivity index (χ1v) is 8.15. The number of benzene rings is 1. The van der Waals surface area contributed by atoms with Gasteiger partial charge in [0.25, 0.3) is 0 Å². The number of aldehydes is 1. The number of aryl methyl sites for hydroxylation is 1. The van der Waals surface area contributed by atoms with Crippen LogP contribution in [0.1, 0.15) is 21.5 Å². The highest BCUT2D eigenvalue weighted by Gasteiger charge is 2.12. The van der Waals surface area contributed by atoms with Crippen LogP contribution in [0.15, 0.2) is 46.4 Å². The van der Waals surface area contributed by atoms with Crippen LogP contribution in [0.25, 0.3) is 10.6 Å². The molecule has 0 aliphatic carbocycles. The van der Waals surface area contributed by atoms with Crippen LogP contribution < -0.4 is 0 Å². The third-order valence-corrected chi connectivity index (χ3v) is 4.88. The predicted molar refractivity (Wildman–Crippen MR) is 88.9 cm³/mol. The van der Waals surface area contributed by atoms with Crippen molar-refractivity contribution < 1.29 is 4.79 Å². The highest BCUT2D eigenvalue weighted by atomic mass is 79.9. The lowest BCUT2D eigenvalue weighted by molar-refractivity contribution is 0.112. The second kappa shape index (κ2) is 5.95. The van der Waals surface area contributed by atoms with Crippen LogP contribution in [-0.2, 0) is 6.54 Å². The number of aromatic nitrogens is 2. The molecule has 0 saturated heterocycles. The van der Waals surface area contributed by atoms with Crippen molar-refractivity contribution in [2.24, 2.45) is 0 Å². The number of rotatable bonds is 4. The minimum atomic E-state index is 0.622. The first kappa shape index (κ1) is 14.2. The molecule has 0 unspecified atom stereocenters. The molecule has 3 rings (SSSR count). The molecule has 3 nitrogen and oxygen atoms in total. The topological polar surface area (TPSA) is 34.9 Å². The molecule has 0 N–H and O–H groups in total. The quantitative estimate of drug-likeness (QED) is 0.640. The van der Waals surface area contributed by atoms with Gasteiger partial charge in [0.05, 0.1) is 17.0 Å². The molecule has 0 aliphatic rings. The number of hydrogen-bond acceptors (Lipinski definition) is 3. The summed E-state index contributed by atoms with van der Waals surface area (Å²) in [4.78, 5) is 12.2. The Balaban J connectivity index is 1.92. The maximum Gasteiger partial charge on any atom is 0.153 e. The van der Waals surface area contributed by atoms with Crippen molar-refractivity contribution in [1.29, 1.82) is 0 Å². The number of nitrogens with zero attached hydrogens (tertiary/aromatic N) is 2. The van der Waals surface area contributed by atoms with E-state index in [0.29, 0.717) is 12.1 Å². The highest BCUT2D eigenvalue weighted by molar-refractivity contribution is 9.10. The molecule has 3 aromatic rings. The van der Waals surface area contributed by atoms with Gasteiger partial charge in [-0.15, -0.1) is 11.3 Å². The number of hydrogen-bond donors (Lipinski definition) is 0. The Morgan fingerprint density at radius 3 is 2.71 bits per heavy atom. The summed E-state index contributed by atoms with van der Waals surface area (Å²) in [7, 11) is 0. The lowest BCUT2D eigenvalue weighted by Gasteiger charge is -2.02. The van der Waals surface area contributed by atoms with Crippen molar-refractivity contribution in [2.75, 3.05) is 0 Å². The normalized spacial score (nSPS) is 10.8. The van der Waals surface area contributed by atoms with E-state index in [2.05, 4.69) is 52.2 Å². The van der Waals surface area contributed by atoms with Crippen molar-refractivity contribution in [1.82, 2.24) is 9.78 Å². The smallest absolute Gasteiger partial charge is 0.153 e. The summed E-state index contributed by atoms with van der Waals surface area (Å²) >= 11 is 5.00. The zero-order valence-corrected chi connectivity index (χ0v) is 13.8. The number of halogens is 1. The molecular weight excluding hydrogens is 348 g/mol. The Morgan fingerprint density at radius 2 is 2.10 bits per heavy atom. The first-order valence-electron chi connectivity index (χ1n) is 6.48. The summed E-state index contributed by atoms with van der Waals surface area (Å²) in [6.07, 6.45) is 2.66. The molecule has 0 radical (unpaired) electrons. The predicted octanol–water partition coefficient (Wildman–Crippen LogP) is 4.54. The second-order valence-corrected chi connectivity index (χ2v) is 6.69. The molecule has 2 aromatic heterocycles. The van der Waals surface area contributed by atoms with E-state index in [9.17, 15) is 4.79 Å². The summed E-state index contributed by atoms with van der Waals surface area (Å²) in [6.45, 7) is 2.72. The molecule has 0 spiro atoms. The van der Waals surface area contributed by atoms with E-state index < -0.39 is 0 Å². The Morgan fingerprint density at radius 1 is 1.33 bits per heavy atom. The third kappa shape index (κ3) is 3.14. The largest absolute Gasteiger partial charge is 0.298 e. The van der Waals surface area contributed by atoms with Crippen LogP contribution in [-0.4, -0.2) is 16.1 Å². The van der Waals surface area contributed by atoms with E-state index in [1.54, 1.807) is 17.5 Å². The molecule has 21 heavy (non-hydrogen) atoms. The Kier molecular flexibility index (Phi) is 4.03. The summed E-state index contributed by atoms with van der Waals surface area (Å²) < 4.78 is 2.82. The van der Waals surface area contributed by atoms with Gasteiger partial charge in [0.1, 0.15) is 5.69 Å². The molecule has 5 heteroatoms. The summed E-state index contributed by atoms with van der Waals surface area (Å²) in [5.41, 5.74) is 3.76. The van der Waals surface area contributed by atoms with Gasteiger partial charge in [-0.05, 0) is 34.5 Å². The van der Waals surface area contributed by atoms with Gasteiger partial charge < -0.3 is 0 Å². The summed E-state index contributed by atoms with van der Waals surface area (Å²) in [5.74, 6) is 0. The molecule has 2 heterocycles. The fraction of sp³-hybridized carbons (Fsp3) is 0.125. The summed E-state index contributed by atoms with van der Waals surface area (Å²) in [5, 5.41) is 6.55. The molecule has 0 atom stereocenters. The van der Waals surface area contributed by atoms with Gasteiger partial charge in [0.15, 0.2) is 6.29 Å². The van der Waals surface area contributed by atoms with E-state index in [-0.39, 0.29) is 0 Å². The fourth-order valence-corrected chi connectivity index (χ4v) is 3.55. The van der Waals surface area contributed by atoms with Crippen LogP contribution in [0.3, 0.4) is 0 Å². The first-order chi connectivity index (χ1) is 10.2. The maximum atomic E-state index is 11.3. The van der Waals surface area contributed by atoms with E-state index in [0.717, 1.165) is 21.3 Å². The van der Waals surface area contributed by atoms with Gasteiger partial charge in [-0.3, -0.25) is 9.48 Å². The monoisotopic (exact) mass is 360 g/mol. The second-order valence-electron chi connectivity index (χ2n) is 4.86. The van der Waals surface area contributed by atoms with Gasteiger partial charge in [0.2, 0.25) is 0 Å². The average molecular weight is 361 g/mol. The molecular formula is C16H13BrN2OS. The van der Waals surface area contributed by atoms with Gasteiger partial charge >= 0.3 is 0 Å². The van der Waals surface area contributed by atoms with Crippen LogP contribution in [0.5, 0.6) is 0 Å². The third-order valence-electron chi connectivity index (χ3n) is 3.18. The van der Waals surface area contributed by atoms with Gasteiger partial charge in [0, 0.05) is 16.0 Å². The standard InChI is InChI=1S/C16H13BrN2OS/c1-11-2-4-12(5-3-11)7-19-8-13(9-20)16(18-19)15-6-14(17)10-21-15/h2-6,8-10H,7H2,1H3. The zero-order chi connectivity index (χ0) is 14.8. The SMILES string of the molecule is Cc1ccc(Cn2cc(C=O)c(-c3cc(Br)cs3)n2)cc1. The van der Waals surface area contributed by atoms with Crippen LogP contribution in [0.2, 0.25) is 0 Å². The van der Waals surface area contributed by atoms with Gasteiger partial charge in [-0.2, -0.15) is 5.10 Å². The Bertz CT molecular complexity index is 774. The maximum absolute atomic E-state index is 11.3. The van der Waals surface area contributed by atoms with Crippen molar-refractivity contribution in [2.45, 2.75) is 13.5 Å². The molecule has 0 aliphatic heterocycles. The Hall–Kier alpha value is -1.72. The zero-order valence-electron chi connectivity index (χ0n) is 11.4. The molecule has 0 amide bonds. The van der Waals surface area contributed by atoms with Crippen LogP contribution >= 0.6 is 27.3 Å². The van der Waals surface area contributed by atoms with Crippen molar-refractivity contribution >= 4 is 33.6 Å². The van der Waals surface area contributed by atoms with Gasteiger partial charge in [-0.25, -0.2) is 0 Å². The molecule has 106 valence electrons. The number of thiophene rings is 1. The van der Waals surface area contributed by atoms with Crippen LogP contribution in [0, 0.1) is 6.92 Å². The van der Waals surface area contributed by atoms with E-state index >= 15 is 0 Å². The van der Waals surface area contributed by atoms with Crippen molar-refractivity contribution in [3.05, 3.63) is 63.1 Å². The minimum Gasteiger partial charge on any atom is -0.298 e.